The molecule has 0 amide bonds. The fourth-order valence-corrected chi connectivity index (χ4v) is 0.860. The highest BCUT2D eigenvalue weighted by Gasteiger charge is 2.06. The molecule has 0 fully saturated rings. The Balaban J connectivity index is 2.89. The van der Waals surface area contributed by atoms with Crippen molar-refractivity contribution in [3.63, 3.8) is 0 Å². The first-order valence-corrected chi connectivity index (χ1v) is 4.09. The highest BCUT2D eigenvalue weighted by Crippen LogP contribution is 2.16. The molecule has 1 aromatic carbocycles. The van der Waals surface area contributed by atoms with Crippen LogP contribution in [0.4, 0.5) is 14.5 Å². The smallest absolute Gasteiger partial charge is 0.183 e. The second kappa shape index (κ2) is 5.54. The zero-order valence-corrected chi connectivity index (χ0v) is 7.89. The predicted octanol–water partition coefficient (Wildman–Crippen LogP) is 1.39. The molecule has 0 unspecified atom stereocenters. The monoisotopic (exact) mass is 227 g/mol. The van der Waals surface area contributed by atoms with Crippen molar-refractivity contribution in [1.82, 2.24) is 0 Å². The van der Waals surface area contributed by atoms with Crippen molar-refractivity contribution >= 4 is 23.9 Å². The number of nitrogens with one attached hydrogen (secondary N) is 1. The van der Waals surface area contributed by atoms with E-state index >= 15 is 0 Å². The summed E-state index contributed by atoms with van der Waals surface area (Å²) in [7, 11) is 0. The highest BCUT2D eigenvalue weighted by molar-refractivity contribution is 6.54. The van der Waals surface area contributed by atoms with Crippen LogP contribution in [-0.2, 0) is 4.79 Å². The third-order valence-corrected chi connectivity index (χ3v) is 1.57. The first-order chi connectivity index (χ1) is 7.69. The maximum atomic E-state index is 13.1. The molecular formula is C9H7F2N3O2. The van der Waals surface area contributed by atoms with E-state index < -0.39 is 11.6 Å². The topological polar surface area (TPSA) is 74.0 Å². The Morgan fingerprint density at radius 1 is 1.44 bits per heavy atom. The summed E-state index contributed by atoms with van der Waals surface area (Å²) >= 11 is 0. The molecule has 1 aromatic rings. The number of anilines is 1. The number of halogens is 2. The van der Waals surface area contributed by atoms with Gasteiger partial charge in [0.25, 0.3) is 0 Å². The zero-order chi connectivity index (χ0) is 12.0. The van der Waals surface area contributed by atoms with Crippen LogP contribution in [0.3, 0.4) is 0 Å². The quantitative estimate of drug-likeness (QED) is 0.353. The number of hydrogen-bond donors (Lipinski definition) is 2. The molecule has 5 nitrogen and oxygen atoms in total. The van der Waals surface area contributed by atoms with Gasteiger partial charge in [-0.15, -0.1) is 0 Å². The van der Waals surface area contributed by atoms with Gasteiger partial charge in [-0.05, 0) is 12.1 Å². The molecule has 1 rings (SSSR count). The number of benzene rings is 1. The van der Waals surface area contributed by atoms with Crippen LogP contribution in [0.25, 0.3) is 0 Å². The van der Waals surface area contributed by atoms with Gasteiger partial charge in [0.2, 0.25) is 0 Å². The summed E-state index contributed by atoms with van der Waals surface area (Å²) < 4.78 is 25.8. The highest BCUT2D eigenvalue weighted by atomic mass is 19.2. The van der Waals surface area contributed by atoms with Crippen LogP contribution in [0.5, 0.6) is 0 Å². The van der Waals surface area contributed by atoms with E-state index in [0.717, 1.165) is 12.3 Å². The van der Waals surface area contributed by atoms with E-state index in [0.29, 0.717) is 0 Å². The number of oxime groups is 1. The molecule has 0 saturated heterocycles. The van der Waals surface area contributed by atoms with E-state index in [4.69, 9.17) is 5.21 Å². The van der Waals surface area contributed by atoms with Gasteiger partial charge in [0.15, 0.2) is 17.9 Å². The van der Waals surface area contributed by atoms with Gasteiger partial charge in [0.1, 0.15) is 5.71 Å². The van der Waals surface area contributed by atoms with Crippen LogP contribution in [0, 0.1) is 11.6 Å². The first kappa shape index (κ1) is 11.8. The van der Waals surface area contributed by atoms with Crippen LogP contribution in [0.15, 0.2) is 28.5 Å². The molecule has 0 aliphatic carbocycles. The lowest BCUT2D eigenvalue weighted by molar-refractivity contribution is -0.102. The molecule has 0 saturated carbocycles. The van der Waals surface area contributed by atoms with Crippen molar-refractivity contribution in [3.05, 3.63) is 29.8 Å². The summed E-state index contributed by atoms with van der Waals surface area (Å²) in [6, 6.07) is 3.46. The minimum atomic E-state index is -1.11. The van der Waals surface area contributed by atoms with E-state index in [1.54, 1.807) is 0 Å². The molecule has 0 heterocycles. The maximum Gasteiger partial charge on any atom is 0.183 e. The number of hydrazone groups is 1. The van der Waals surface area contributed by atoms with Gasteiger partial charge in [0, 0.05) is 0 Å². The van der Waals surface area contributed by atoms with E-state index in [2.05, 4.69) is 15.7 Å². The van der Waals surface area contributed by atoms with Gasteiger partial charge in [-0.3, -0.25) is 10.2 Å². The molecule has 2 N–H and O–H groups in total. The van der Waals surface area contributed by atoms with Gasteiger partial charge in [-0.25, -0.2) is 8.78 Å². The van der Waals surface area contributed by atoms with E-state index in [-0.39, 0.29) is 17.7 Å². The molecule has 16 heavy (non-hydrogen) atoms. The molecule has 0 aliphatic rings. The van der Waals surface area contributed by atoms with Crippen LogP contribution in [0.1, 0.15) is 0 Å². The Morgan fingerprint density at radius 2 is 2.19 bits per heavy atom. The van der Waals surface area contributed by atoms with Crippen LogP contribution < -0.4 is 5.43 Å². The summed E-state index contributed by atoms with van der Waals surface area (Å²) in [5.41, 5.74) is 1.63. The molecule has 0 atom stereocenters. The molecule has 0 bridgehead atoms. The number of rotatable bonds is 4. The summed E-state index contributed by atoms with van der Waals surface area (Å²) in [6.07, 6.45) is 1.03. The number of carbonyl (C=O) groups excluding carboxylic acids is 1. The Labute approximate surface area is 89.1 Å². The average Bonchev–Trinajstić information content (AvgIpc) is 2.29. The van der Waals surface area contributed by atoms with E-state index in [1.807, 2.05) is 0 Å². The van der Waals surface area contributed by atoms with Crippen molar-refractivity contribution in [1.29, 1.82) is 0 Å². The fraction of sp³-hybridized carbons (Fsp3) is 0. The lowest BCUT2D eigenvalue weighted by Gasteiger charge is -2.02. The minimum Gasteiger partial charge on any atom is -0.411 e. The Bertz CT molecular complexity index is 446. The molecular weight excluding hydrogens is 220 g/mol. The SMILES string of the molecule is O=CC(/C=N/O)=N/Nc1cccc(F)c1F. The standard InChI is InChI=1S/C9H7F2N3O2/c10-7-2-1-3-8(9(7)11)14-13-6(5-15)4-12-16/h1-5,14,16H/b12-4+,13-6+. The van der Waals surface area contributed by atoms with Gasteiger partial charge < -0.3 is 5.21 Å². The Morgan fingerprint density at radius 3 is 2.81 bits per heavy atom. The molecule has 7 heteroatoms. The van der Waals surface area contributed by atoms with Crippen LogP contribution >= 0.6 is 0 Å². The number of hydrogen-bond acceptors (Lipinski definition) is 5. The number of nitrogens with zero attached hydrogens (tertiary/aromatic N) is 2. The number of carbonyl (C=O) groups is 1. The zero-order valence-electron chi connectivity index (χ0n) is 7.89. The largest absolute Gasteiger partial charge is 0.411 e. The summed E-state index contributed by atoms with van der Waals surface area (Å²) in [4.78, 5) is 10.3. The van der Waals surface area contributed by atoms with Crippen LogP contribution in [-0.4, -0.2) is 23.4 Å². The van der Waals surface area contributed by atoms with Crippen LogP contribution in [0.2, 0.25) is 0 Å². The van der Waals surface area contributed by atoms with E-state index in [9.17, 15) is 13.6 Å². The molecule has 84 valence electrons. The third-order valence-electron chi connectivity index (χ3n) is 1.57. The van der Waals surface area contributed by atoms with Gasteiger partial charge >= 0.3 is 0 Å². The van der Waals surface area contributed by atoms with Crippen molar-refractivity contribution in [2.75, 3.05) is 5.43 Å². The van der Waals surface area contributed by atoms with Crippen molar-refractivity contribution < 1.29 is 18.8 Å². The van der Waals surface area contributed by atoms with Crippen molar-refractivity contribution in [2.24, 2.45) is 10.3 Å². The lowest BCUT2D eigenvalue weighted by atomic mass is 10.3. The third kappa shape index (κ3) is 2.84. The van der Waals surface area contributed by atoms with E-state index in [1.165, 1.54) is 12.1 Å². The normalized spacial score (nSPS) is 11.8. The van der Waals surface area contributed by atoms with Crippen molar-refractivity contribution in [2.45, 2.75) is 0 Å². The molecule has 0 spiro atoms. The lowest BCUT2D eigenvalue weighted by Crippen LogP contribution is -2.06. The predicted molar refractivity (Wildman–Crippen MR) is 53.8 cm³/mol. The second-order valence-electron chi connectivity index (χ2n) is 2.61. The Kier molecular flexibility index (Phi) is 4.07. The number of aldehydes is 1. The summed E-state index contributed by atoms with van der Waals surface area (Å²) in [5.74, 6) is -2.15. The Hall–Kier alpha value is -2.31. The van der Waals surface area contributed by atoms with Gasteiger partial charge in [-0.2, -0.15) is 5.10 Å². The molecule has 0 aliphatic heterocycles. The minimum absolute atomic E-state index is 0.231. The summed E-state index contributed by atoms with van der Waals surface area (Å²) in [5, 5.41) is 14.1. The summed E-state index contributed by atoms with van der Waals surface area (Å²) in [6.45, 7) is 0. The maximum absolute atomic E-state index is 13.1. The molecule has 0 radical (unpaired) electrons. The first-order valence-electron chi connectivity index (χ1n) is 4.09. The molecule has 0 aromatic heterocycles. The van der Waals surface area contributed by atoms with Gasteiger partial charge in [0.05, 0.1) is 11.9 Å². The average molecular weight is 227 g/mol. The fourth-order valence-electron chi connectivity index (χ4n) is 0.860. The van der Waals surface area contributed by atoms with Crippen molar-refractivity contribution in [3.8, 4) is 0 Å². The second-order valence-corrected chi connectivity index (χ2v) is 2.61. The van der Waals surface area contributed by atoms with Gasteiger partial charge in [-0.1, -0.05) is 11.2 Å².